The lowest BCUT2D eigenvalue weighted by atomic mass is 10.0. The van der Waals surface area contributed by atoms with Gasteiger partial charge in [0, 0.05) is 36.9 Å². The molecule has 0 amide bonds. The van der Waals surface area contributed by atoms with Gasteiger partial charge in [-0.25, -0.2) is 15.0 Å². The van der Waals surface area contributed by atoms with Gasteiger partial charge < -0.3 is 0 Å². The van der Waals surface area contributed by atoms with Crippen molar-refractivity contribution >= 4 is 31.5 Å². The smallest absolute Gasteiger partial charge is 0.164 e. The fourth-order valence-corrected chi connectivity index (χ4v) is 5.17. The number of rotatable bonds is 3. The number of nitrogens with zero attached hydrogens (tertiary/aromatic N) is 3. The van der Waals surface area contributed by atoms with Gasteiger partial charge >= 0.3 is 0 Å². The molecule has 6 aromatic rings. The van der Waals surface area contributed by atoms with Gasteiger partial charge in [-0.3, -0.25) is 0 Å². The first kappa shape index (κ1) is 18.8. The van der Waals surface area contributed by atoms with Crippen LogP contribution >= 0.6 is 11.3 Å². The molecule has 0 fully saturated rings. The Bertz CT molecular complexity index is 1510. The standard InChI is InChI=1S/C28H19N3S/c1-18-15-16-23-22(17-18)25-21(13-8-14-24(25)32-23)28-30-26(19-9-4-2-5-10-19)29-27(31-28)20-11-6-3-7-12-20/h2-17H,1H3. The number of thiophene rings is 1. The van der Waals surface area contributed by atoms with Crippen molar-refractivity contribution in [3.05, 3.63) is 103 Å². The number of hydrogen-bond acceptors (Lipinski definition) is 4. The third-order valence-electron chi connectivity index (χ3n) is 5.59. The molecule has 152 valence electrons. The summed E-state index contributed by atoms with van der Waals surface area (Å²) < 4.78 is 2.52. The van der Waals surface area contributed by atoms with Gasteiger partial charge in [-0.2, -0.15) is 0 Å². The predicted octanol–water partition coefficient (Wildman–Crippen LogP) is 7.55. The van der Waals surface area contributed by atoms with E-state index in [0.29, 0.717) is 17.5 Å². The molecule has 0 N–H and O–H groups in total. The van der Waals surface area contributed by atoms with Crippen LogP contribution in [-0.4, -0.2) is 15.0 Å². The monoisotopic (exact) mass is 429 g/mol. The molecule has 2 aromatic heterocycles. The normalized spacial score (nSPS) is 11.3. The second-order valence-electron chi connectivity index (χ2n) is 7.82. The minimum Gasteiger partial charge on any atom is -0.208 e. The van der Waals surface area contributed by atoms with E-state index in [1.54, 1.807) is 0 Å². The Hall–Kier alpha value is -3.89. The average molecular weight is 430 g/mol. The van der Waals surface area contributed by atoms with Crippen LogP contribution in [0.15, 0.2) is 97.1 Å². The van der Waals surface area contributed by atoms with Crippen LogP contribution in [0.1, 0.15) is 5.56 Å². The van der Waals surface area contributed by atoms with Gasteiger partial charge in [0.25, 0.3) is 0 Å². The Balaban J connectivity index is 1.66. The summed E-state index contributed by atoms with van der Waals surface area (Å²) in [4.78, 5) is 14.7. The average Bonchev–Trinajstić information content (AvgIpc) is 3.23. The summed E-state index contributed by atoms with van der Waals surface area (Å²) in [6, 6.07) is 33.2. The highest BCUT2D eigenvalue weighted by atomic mass is 32.1. The highest BCUT2D eigenvalue weighted by molar-refractivity contribution is 7.25. The van der Waals surface area contributed by atoms with Gasteiger partial charge in [0.1, 0.15) is 0 Å². The second-order valence-corrected chi connectivity index (χ2v) is 8.90. The summed E-state index contributed by atoms with van der Waals surface area (Å²) in [6.07, 6.45) is 0. The molecule has 0 saturated heterocycles. The molecular weight excluding hydrogens is 410 g/mol. The molecule has 6 rings (SSSR count). The van der Waals surface area contributed by atoms with E-state index in [0.717, 1.165) is 16.7 Å². The van der Waals surface area contributed by atoms with E-state index < -0.39 is 0 Å². The van der Waals surface area contributed by atoms with Crippen LogP contribution < -0.4 is 0 Å². The minimum atomic E-state index is 0.683. The van der Waals surface area contributed by atoms with Gasteiger partial charge in [0.2, 0.25) is 0 Å². The predicted molar refractivity (Wildman–Crippen MR) is 134 cm³/mol. The summed E-state index contributed by atoms with van der Waals surface area (Å²) in [5.41, 5.74) is 4.24. The van der Waals surface area contributed by atoms with E-state index in [2.05, 4.69) is 43.3 Å². The lowest BCUT2D eigenvalue weighted by Gasteiger charge is -2.09. The van der Waals surface area contributed by atoms with Crippen molar-refractivity contribution in [1.82, 2.24) is 15.0 Å². The van der Waals surface area contributed by atoms with Crippen LogP contribution in [0.2, 0.25) is 0 Å². The van der Waals surface area contributed by atoms with Crippen molar-refractivity contribution in [2.45, 2.75) is 6.92 Å². The van der Waals surface area contributed by atoms with Crippen LogP contribution in [-0.2, 0) is 0 Å². The number of aromatic nitrogens is 3. The van der Waals surface area contributed by atoms with Crippen molar-refractivity contribution in [3.8, 4) is 34.2 Å². The SMILES string of the molecule is Cc1ccc2sc3cccc(-c4nc(-c5ccccc5)nc(-c5ccccc5)n4)c3c2c1. The highest BCUT2D eigenvalue weighted by Gasteiger charge is 2.16. The fraction of sp³-hybridized carbons (Fsp3) is 0.0357. The van der Waals surface area contributed by atoms with Crippen LogP contribution in [0.3, 0.4) is 0 Å². The fourth-order valence-electron chi connectivity index (χ4n) is 4.06. The Morgan fingerprint density at radius 1 is 0.562 bits per heavy atom. The van der Waals surface area contributed by atoms with E-state index in [-0.39, 0.29) is 0 Å². The van der Waals surface area contributed by atoms with Crippen LogP contribution in [0.25, 0.3) is 54.3 Å². The number of hydrogen-bond donors (Lipinski definition) is 0. The van der Waals surface area contributed by atoms with Crippen LogP contribution in [0, 0.1) is 6.92 Å². The molecule has 0 radical (unpaired) electrons. The molecule has 0 aliphatic rings. The zero-order chi connectivity index (χ0) is 21.5. The van der Waals surface area contributed by atoms with Gasteiger partial charge in [-0.1, -0.05) is 84.4 Å². The summed E-state index contributed by atoms with van der Waals surface area (Å²) in [5, 5.41) is 2.46. The summed E-state index contributed by atoms with van der Waals surface area (Å²) in [7, 11) is 0. The zero-order valence-corrected chi connectivity index (χ0v) is 18.3. The van der Waals surface area contributed by atoms with Crippen molar-refractivity contribution in [1.29, 1.82) is 0 Å². The maximum atomic E-state index is 4.94. The maximum Gasteiger partial charge on any atom is 0.164 e. The first-order chi connectivity index (χ1) is 15.8. The van der Waals surface area contributed by atoms with E-state index in [1.807, 2.05) is 72.0 Å². The van der Waals surface area contributed by atoms with E-state index in [4.69, 9.17) is 15.0 Å². The molecule has 0 unspecified atom stereocenters. The lowest BCUT2D eigenvalue weighted by molar-refractivity contribution is 1.08. The molecular formula is C28H19N3S. The van der Waals surface area contributed by atoms with E-state index in [1.165, 1.54) is 25.7 Å². The molecule has 0 bridgehead atoms. The van der Waals surface area contributed by atoms with Crippen molar-refractivity contribution in [3.63, 3.8) is 0 Å². The van der Waals surface area contributed by atoms with Gasteiger partial charge in [0.15, 0.2) is 17.5 Å². The number of fused-ring (bicyclic) bond motifs is 3. The summed E-state index contributed by atoms with van der Waals surface area (Å²) in [6.45, 7) is 2.13. The third kappa shape index (κ3) is 3.26. The first-order valence-electron chi connectivity index (χ1n) is 10.6. The molecule has 0 saturated carbocycles. The van der Waals surface area contributed by atoms with Gasteiger partial charge in [0.05, 0.1) is 0 Å². The highest BCUT2D eigenvalue weighted by Crippen LogP contribution is 2.40. The Kier molecular flexibility index (Phi) is 4.51. The summed E-state index contributed by atoms with van der Waals surface area (Å²) >= 11 is 1.81. The van der Waals surface area contributed by atoms with E-state index >= 15 is 0 Å². The molecule has 0 aliphatic heterocycles. The first-order valence-corrected chi connectivity index (χ1v) is 11.4. The second kappa shape index (κ2) is 7.66. The van der Waals surface area contributed by atoms with Crippen molar-refractivity contribution in [2.75, 3.05) is 0 Å². The van der Waals surface area contributed by atoms with E-state index in [9.17, 15) is 0 Å². The molecule has 4 aromatic carbocycles. The quantitative estimate of drug-likeness (QED) is 0.291. The molecule has 3 nitrogen and oxygen atoms in total. The van der Waals surface area contributed by atoms with Crippen LogP contribution in [0.5, 0.6) is 0 Å². The van der Waals surface area contributed by atoms with Crippen LogP contribution in [0.4, 0.5) is 0 Å². The number of benzene rings is 4. The molecule has 0 atom stereocenters. The summed E-state index contributed by atoms with van der Waals surface area (Å²) in [5.74, 6) is 2.06. The van der Waals surface area contributed by atoms with Crippen molar-refractivity contribution in [2.24, 2.45) is 0 Å². The zero-order valence-electron chi connectivity index (χ0n) is 17.5. The number of aryl methyl sites for hydroxylation is 1. The maximum absolute atomic E-state index is 4.94. The van der Waals surface area contributed by atoms with Gasteiger partial charge in [-0.15, -0.1) is 11.3 Å². The van der Waals surface area contributed by atoms with Gasteiger partial charge in [-0.05, 0) is 25.1 Å². The Labute approximate surface area is 190 Å². The topological polar surface area (TPSA) is 38.7 Å². The minimum absolute atomic E-state index is 0.683. The molecule has 4 heteroatoms. The third-order valence-corrected chi connectivity index (χ3v) is 6.73. The molecule has 0 spiro atoms. The Morgan fingerprint density at radius 2 is 1.19 bits per heavy atom. The largest absolute Gasteiger partial charge is 0.208 e. The Morgan fingerprint density at radius 3 is 1.84 bits per heavy atom. The van der Waals surface area contributed by atoms with Crippen molar-refractivity contribution < 1.29 is 0 Å². The molecule has 32 heavy (non-hydrogen) atoms. The molecule has 0 aliphatic carbocycles. The lowest BCUT2D eigenvalue weighted by Crippen LogP contribution is -2.00. The molecule has 2 heterocycles.